The van der Waals surface area contributed by atoms with E-state index in [1.807, 2.05) is 42.5 Å². The van der Waals surface area contributed by atoms with Gasteiger partial charge in [0.25, 0.3) is 0 Å². The van der Waals surface area contributed by atoms with Crippen molar-refractivity contribution in [2.24, 2.45) is 10.9 Å². The Morgan fingerprint density at radius 3 is 2.61 bits per heavy atom. The summed E-state index contributed by atoms with van der Waals surface area (Å²) in [7, 11) is 0. The number of amidine groups is 1. The Morgan fingerprint density at radius 1 is 1.06 bits per heavy atom. The van der Waals surface area contributed by atoms with Crippen LogP contribution in [0.25, 0.3) is 0 Å². The van der Waals surface area contributed by atoms with E-state index in [1.54, 1.807) is 0 Å². The molecule has 3 aliphatic rings. The standard InChI is InChI=1S/C25H30N4O2/c1-2-28-13-15-29(16-14-28)24-20-17-19(26-25(30)18-7-3-4-8-18)11-12-22(20)31-23-10-6-5-9-21(23)27-24/h5-6,9-12,17-18H,2-4,7-8,13-16H2,1H3,(H,26,30). The molecule has 2 aromatic carbocycles. The van der Waals surface area contributed by atoms with E-state index >= 15 is 0 Å². The number of likely N-dealkylation sites (N-methyl/N-ethyl adjacent to an activating group) is 1. The Hall–Kier alpha value is -2.86. The Morgan fingerprint density at radius 2 is 1.84 bits per heavy atom. The van der Waals surface area contributed by atoms with Crippen LogP contribution in [-0.4, -0.2) is 54.3 Å². The number of hydrogen-bond acceptors (Lipinski definition) is 5. The number of carbonyl (C=O) groups is 1. The van der Waals surface area contributed by atoms with Gasteiger partial charge in [-0.3, -0.25) is 4.79 Å². The van der Waals surface area contributed by atoms with E-state index in [1.165, 1.54) is 0 Å². The van der Waals surface area contributed by atoms with Crippen molar-refractivity contribution in [2.45, 2.75) is 32.6 Å². The summed E-state index contributed by atoms with van der Waals surface area (Å²) in [5.74, 6) is 2.72. The highest BCUT2D eigenvalue weighted by Gasteiger charge is 2.27. The third-order valence-electron chi connectivity index (χ3n) is 6.64. The van der Waals surface area contributed by atoms with E-state index in [2.05, 4.69) is 22.0 Å². The van der Waals surface area contributed by atoms with Gasteiger partial charge in [0.05, 0.1) is 5.56 Å². The van der Waals surface area contributed by atoms with Crippen LogP contribution in [0.5, 0.6) is 11.5 Å². The average Bonchev–Trinajstić information content (AvgIpc) is 3.29. The molecule has 0 aromatic heterocycles. The highest BCUT2D eigenvalue weighted by Crippen LogP contribution is 2.39. The first-order chi connectivity index (χ1) is 15.2. The second kappa shape index (κ2) is 8.71. The summed E-state index contributed by atoms with van der Waals surface area (Å²) in [4.78, 5) is 22.5. The molecule has 1 aliphatic carbocycles. The van der Waals surface area contributed by atoms with Crippen molar-refractivity contribution >= 4 is 23.1 Å². The molecule has 1 N–H and O–H groups in total. The minimum Gasteiger partial charge on any atom is -0.454 e. The topological polar surface area (TPSA) is 57.2 Å². The van der Waals surface area contributed by atoms with Crippen molar-refractivity contribution in [3.63, 3.8) is 0 Å². The van der Waals surface area contributed by atoms with E-state index in [-0.39, 0.29) is 11.8 Å². The van der Waals surface area contributed by atoms with Gasteiger partial charge in [0.1, 0.15) is 17.3 Å². The third-order valence-corrected chi connectivity index (χ3v) is 6.64. The summed E-state index contributed by atoms with van der Waals surface area (Å²) in [5.41, 5.74) is 2.58. The fraction of sp³-hybridized carbons (Fsp3) is 0.440. The molecule has 162 valence electrons. The van der Waals surface area contributed by atoms with Gasteiger partial charge in [-0.25, -0.2) is 4.99 Å². The van der Waals surface area contributed by atoms with Crippen LogP contribution in [0.1, 0.15) is 38.2 Å². The fourth-order valence-electron chi connectivity index (χ4n) is 4.75. The summed E-state index contributed by atoms with van der Waals surface area (Å²) >= 11 is 0. The summed E-state index contributed by atoms with van der Waals surface area (Å²) < 4.78 is 6.26. The second-order valence-electron chi connectivity index (χ2n) is 8.61. The molecule has 1 amide bonds. The van der Waals surface area contributed by atoms with E-state index in [0.29, 0.717) is 0 Å². The van der Waals surface area contributed by atoms with Gasteiger partial charge in [0.15, 0.2) is 5.75 Å². The number of nitrogens with zero attached hydrogens (tertiary/aromatic N) is 3. The number of amides is 1. The first-order valence-electron chi connectivity index (χ1n) is 11.5. The number of benzene rings is 2. The number of anilines is 1. The zero-order valence-corrected chi connectivity index (χ0v) is 18.1. The normalized spacial score (nSPS) is 19.1. The zero-order valence-electron chi connectivity index (χ0n) is 18.1. The highest BCUT2D eigenvalue weighted by atomic mass is 16.5. The first kappa shape index (κ1) is 20.1. The number of rotatable bonds is 3. The Labute approximate surface area is 183 Å². The minimum absolute atomic E-state index is 0.130. The number of para-hydroxylation sites is 2. The van der Waals surface area contributed by atoms with Gasteiger partial charge in [-0.2, -0.15) is 0 Å². The molecular weight excluding hydrogens is 388 g/mol. The quantitative estimate of drug-likeness (QED) is 0.789. The van der Waals surface area contributed by atoms with Crippen molar-refractivity contribution < 1.29 is 9.53 Å². The predicted octanol–water partition coefficient (Wildman–Crippen LogP) is 4.64. The molecule has 6 nitrogen and oxygen atoms in total. The van der Waals surface area contributed by atoms with Crippen molar-refractivity contribution in [1.29, 1.82) is 0 Å². The van der Waals surface area contributed by atoms with Gasteiger partial charge in [-0.1, -0.05) is 31.9 Å². The number of carbonyl (C=O) groups excluding carboxylic acids is 1. The maximum absolute atomic E-state index is 12.7. The van der Waals surface area contributed by atoms with Gasteiger partial charge in [0, 0.05) is 37.8 Å². The molecule has 2 heterocycles. The summed E-state index contributed by atoms with van der Waals surface area (Å²) in [6.45, 7) is 7.16. The average molecular weight is 419 g/mol. The lowest BCUT2D eigenvalue weighted by Gasteiger charge is -2.36. The van der Waals surface area contributed by atoms with E-state index in [0.717, 1.165) is 92.7 Å². The van der Waals surface area contributed by atoms with Gasteiger partial charge < -0.3 is 19.9 Å². The summed E-state index contributed by atoms with van der Waals surface area (Å²) in [6.07, 6.45) is 4.27. The smallest absolute Gasteiger partial charge is 0.227 e. The monoisotopic (exact) mass is 418 g/mol. The molecule has 2 aromatic rings. The number of nitrogens with one attached hydrogen (secondary N) is 1. The number of piperazine rings is 1. The van der Waals surface area contributed by atoms with Crippen LogP contribution in [0, 0.1) is 5.92 Å². The number of hydrogen-bond donors (Lipinski definition) is 1. The summed E-state index contributed by atoms with van der Waals surface area (Å²) in [5, 5.41) is 3.14. The molecule has 2 aliphatic heterocycles. The molecule has 0 atom stereocenters. The van der Waals surface area contributed by atoms with Crippen molar-refractivity contribution in [2.75, 3.05) is 38.0 Å². The molecule has 5 rings (SSSR count). The van der Waals surface area contributed by atoms with Crippen LogP contribution in [-0.2, 0) is 4.79 Å². The van der Waals surface area contributed by atoms with Gasteiger partial charge >= 0.3 is 0 Å². The molecule has 0 unspecified atom stereocenters. The Balaban J connectivity index is 1.48. The van der Waals surface area contributed by atoms with Crippen LogP contribution >= 0.6 is 0 Å². The summed E-state index contributed by atoms with van der Waals surface area (Å²) in [6, 6.07) is 13.8. The van der Waals surface area contributed by atoms with Crippen molar-refractivity contribution in [1.82, 2.24) is 9.80 Å². The molecule has 1 saturated heterocycles. The van der Waals surface area contributed by atoms with Crippen molar-refractivity contribution in [3.05, 3.63) is 48.0 Å². The molecule has 0 spiro atoms. The zero-order chi connectivity index (χ0) is 21.2. The predicted molar refractivity (Wildman–Crippen MR) is 123 cm³/mol. The third kappa shape index (κ3) is 4.17. The maximum Gasteiger partial charge on any atom is 0.227 e. The number of aliphatic imine (C=N–C) groups is 1. The largest absolute Gasteiger partial charge is 0.454 e. The lowest BCUT2D eigenvalue weighted by Crippen LogP contribution is -2.48. The van der Waals surface area contributed by atoms with E-state index < -0.39 is 0 Å². The van der Waals surface area contributed by atoms with Gasteiger partial charge in [-0.05, 0) is 49.7 Å². The van der Waals surface area contributed by atoms with Crippen LogP contribution in [0.3, 0.4) is 0 Å². The SMILES string of the molecule is CCN1CCN(C2=Nc3ccccc3Oc3ccc(NC(=O)C4CCCC4)cc32)CC1. The van der Waals surface area contributed by atoms with Crippen LogP contribution in [0.2, 0.25) is 0 Å². The fourth-order valence-corrected chi connectivity index (χ4v) is 4.75. The second-order valence-corrected chi connectivity index (χ2v) is 8.61. The minimum atomic E-state index is 0.130. The molecule has 2 fully saturated rings. The number of fused-ring (bicyclic) bond motifs is 2. The molecule has 0 radical (unpaired) electrons. The van der Waals surface area contributed by atoms with E-state index in [9.17, 15) is 4.79 Å². The molecular formula is C25H30N4O2. The maximum atomic E-state index is 12.7. The Kier molecular flexibility index (Phi) is 5.64. The van der Waals surface area contributed by atoms with Crippen LogP contribution in [0.15, 0.2) is 47.5 Å². The van der Waals surface area contributed by atoms with Crippen LogP contribution in [0.4, 0.5) is 11.4 Å². The Bertz CT molecular complexity index is 989. The van der Waals surface area contributed by atoms with Crippen LogP contribution < -0.4 is 10.1 Å². The number of ether oxygens (including phenoxy) is 1. The first-order valence-corrected chi connectivity index (χ1v) is 11.5. The highest BCUT2D eigenvalue weighted by molar-refractivity contribution is 6.05. The lowest BCUT2D eigenvalue weighted by molar-refractivity contribution is -0.119. The van der Waals surface area contributed by atoms with Gasteiger partial charge in [0.2, 0.25) is 5.91 Å². The lowest BCUT2D eigenvalue weighted by atomic mass is 10.1. The molecule has 0 bridgehead atoms. The molecule has 31 heavy (non-hydrogen) atoms. The van der Waals surface area contributed by atoms with Crippen molar-refractivity contribution in [3.8, 4) is 11.5 Å². The molecule has 6 heteroatoms. The van der Waals surface area contributed by atoms with E-state index in [4.69, 9.17) is 9.73 Å². The van der Waals surface area contributed by atoms with Gasteiger partial charge in [-0.15, -0.1) is 0 Å². The molecule has 1 saturated carbocycles.